The fourth-order valence-corrected chi connectivity index (χ4v) is 10.9. The molecule has 4 aliphatic rings. The molecule has 6 rings (SSSR count). The monoisotopic (exact) mass is 962 g/mol. The molecule has 0 spiro atoms. The molecule has 1 saturated carbocycles. The number of ether oxygens (including phenoxy) is 6. The molecular formula is C55H76FNO12. The average Bonchev–Trinajstić information content (AvgIpc) is 3.35. The number of aliphatic hydroxyl groups excluding tert-OH is 1. The van der Waals surface area contributed by atoms with Gasteiger partial charge in [-0.15, -0.1) is 6.58 Å². The number of carbonyl (C=O) groups excluding carboxylic acids is 4. The molecule has 0 aromatic heterocycles. The number of hydrogen-bond donors (Lipinski definition) is 2. The molecule has 2 aromatic rings. The first-order valence-electron chi connectivity index (χ1n) is 25.0. The summed E-state index contributed by atoms with van der Waals surface area (Å²) in [6.45, 7) is 14.5. The van der Waals surface area contributed by atoms with E-state index in [1.807, 2.05) is 56.3 Å². The van der Waals surface area contributed by atoms with Crippen molar-refractivity contribution in [1.29, 1.82) is 0 Å². The lowest BCUT2D eigenvalue weighted by Gasteiger charge is -2.47. The molecule has 1 aliphatic carbocycles. The molecule has 2 bridgehead atoms. The number of cyclic esters (lactones) is 1. The number of carbonyl (C=O) groups is 4. The van der Waals surface area contributed by atoms with Crippen molar-refractivity contribution in [2.45, 2.75) is 166 Å². The predicted octanol–water partition coefficient (Wildman–Crippen LogP) is 8.22. The van der Waals surface area contributed by atoms with E-state index >= 15 is 4.39 Å². The molecule has 3 fully saturated rings. The highest BCUT2D eigenvalue weighted by atomic mass is 19.1. The SMILES string of the molecule is C=CCOC1CC(C=C(C)C2OC(=O)C3CCCCN3C(=O)C(=O)C3(O)OC(C(OC)CC(C)C(F)C(C)=CC(CC)C(=O)CC(O)C2C)C(OC)CC3C)CCC1Oc1ccc2ccccc2c1. The quantitative estimate of drug-likeness (QED) is 0.133. The Labute approximate surface area is 407 Å². The summed E-state index contributed by atoms with van der Waals surface area (Å²) in [6, 6.07) is 12.9. The van der Waals surface area contributed by atoms with Crippen LogP contribution in [-0.4, -0.2) is 127 Å². The van der Waals surface area contributed by atoms with E-state index in [-0.39, 0.29) is 56.1 Å². The van der Waals surface area contributed by atoms with Crippen LogP contribution in [0.2, 0.25) is 0 Å². The molecule has 0 radical (unpaired) electrons. The van der Waals surface area contributed by atoms with E-state index in [0.717, 1.165) is 21.4 Å². The number of halogens is 1. The Morgan fingerprint density at radius 2 is 1.65 bits per heavy atom. The first kappa shape index (κ1) is 54.0. The summed E-state index contributed by atoms with van der Waals surface area (Å²) >= 11 is 0. The number of piperidine rings is 1. The van der Waals surface area contributed by atoms with E-state index < -0.39 is 89.9 Å². The molecule has 2 aromatic carbocycles. The number of methoxy groups -OCH3 is 2. The van der Waals surface area contributed by atoms with Gasteiger partial charge in [0.15, 0.2) is 0 Å². The molecule has 3 heterocycles. The van der Waals surface area contributed by atoms with Gasteiger partial charge in [0, 0.05) is 44.9 Å². The fraction of sp³-hybridized carbons (Fsp3) is 0.636. The van der Waals surface area contributed by atoms with E-state index in [9.17, 15) is 29.4 Å². The number of esters is 1. The van der Waals surface area contributed by atoms with Crippen LogP contribution in [0.5, 0.6) is 5.75 Å². The lowest BCUT2D eigenvalue weighted by atomic mass is 9.81. The third-order valence-corrected chi connectivity index (χ3v) is 15.2. The molecule has 15 unspecified atom stereocenters. The summed E-state index contributed by atoms with van der Waals surface area (Å²) in [5.41, 5.74) is 0.967. The van der Waals surface area contributed by atoms with Gasteiger partial charge in [-0.3, -0.25) is 14.4 Å². The van der Waals surface area contributed by atoms with E-state index in [1.54, 1.807) is 39.8 Å². The Balaban J connectivity index is 1.33. The molecule has 2 N–H and O–H groups in total. The van der Waals surface area contributed by atoms with Crippen LogP contribution in [0.1, 0.15) is 106 Å². The second kappa shape index (κ2) is 24.2. The Kier molecular flexibility index (Phi) is 19.0. The van der Waals surface area contributed by atoms with Gasteiger partial charge in [0.1, 0.15) is 42.1 Å². The normalized spacial score (nSPS) is 36.2. The zero-order valence-corrected chi connectivity index (χ0v) is 41.9. The highest BCUT2D eigenvalue weighted by molar-refractivity contribution is 6.39. The minimum atomic E-state index is -2.62. The van der Waals surface area contributed by atoms with Crippen molar-refractivity contribution in [1.82, 2.24) is 4.90 Å². The van der Waals surface area contributed by atoms with Crippen molar-refractivity contribution in [3.63, 3.8) is 0 Å². The number of fused-ring (bicyclic) bond motifs is 4. The van der Waals surface area contributed by atoms with Crippen LogP contribution in [0, 0.1) is 29.6 Å². The van der Waals surface area contributed by atoms with Crippen molar-refractivity contribution < 1.29 is 62.2 Å². The summed E-state index contributed by atoms with van der Waals surface area (Å²) in [7, 11) is 2.89. The fourth-order valence-electron chi connectivity index (χ4n) is 10.9. The predicted molar refractivity (Wildman–Crippen MR) is 260 cm³/mol. The number of alkyl halides is 1. The van der Waals surface area contributed by atoms with Crippen LogP contribution in [-0.2, 0) is 42.9 Å². The van der Waals surface area contributed by atoms with E-state index in [0.29, 0.717) is 56.3 Å². The first-order chi connectivity index (χ1) is 32.9. The molecule has 13 nitrogen and oxygen atoms in total. The Morgan fingerprint density at radius 3 is 2.35 bits per heavy atom. The van der Waals surface area contributed by atoms with Crippen LogP contribution in [0.3, 0.4) is 0 Å². The van der Waals surface area contributed by atoms with Crippen molar-refractivity contribution in [2.24, 2.45) is 29.6 Å². The van der Waals surface area contributed by atoms with Gasteiger partial charge in [0.05, 0.1) is 31.0 Å². The lowest BCUT2D eigenvalue weighted by molar-refractivity contribution is -0.302. The minimum absolute atomic E-state index is 0.0442. The van der Waals surface area contributed by atoms with Gasteiger partial charge in [-0.05, 0) is 118 Å². The topological polar surface area (TPSA) is 167 Å². The van der Waals surface area contributed by atoms with Gasteiger partial charge in [-0.2, -0.15) is 0 Å². The number of Topliss-reactive ketones (excluding diaryl/α,β-unsaturated/α-hetero) is 2. The number of hydrogen-bond acceptors (Lipinski definition) is 12. The summed E-state index contributed by atoms with van der Waals surface area (Å²) in [5.74, 6) is -8.43. The number of ketones is 2. The molecule has 2 saturated heterocycles. The number of nitrogens with zero attached hydrogens (tertiary/aromatic N) is 1. The van der Waals surface area contributed by atoms with Gasteiger partial charge in [-0.1, -0.05) is 76.3 Å². The summed E-state index contributed by atoms with van der Waals surface area (Å²) in [5, 5.41) is 26.2. The number of aliphatic hydroxyl groups is 2. The van der Waals surface area contributed by atoms with Gasteiger partial charge >= 0.3 is 5.97 Å². The van der Waals surface area contributed by atoms with Gasteiger partial charge < -0.3 is 43.5 Å². The molecule has 1 amide bonds. The zero-order valence-electron chi connectivity index (χ0n) is 41.9. The molecule has 380 valence electrons. The molecular weight excluding hydrogens is 886 g/mol. The third kappa shape index (κ3) is 12.6. The van der Waals surface area contributed by atoms with Crippen LogP contribution in [0.15, 0.2) is 78.4 Å². The highest BCUT2D eigenvalue weighted by Gasteiger charge is 2.57. The van der Waals surface area contributed by atoms with Crippen LogP contribution < -0.4 is 4.74 Å². The lowest BCUT2D eigenvalue weighted by Crippen LogP contribution is -2.64. The zero-order chi connectivity index (χ0) is 50.2. The van der Waals surface area contributed by atoms with Crippen molar-refractivity contribution in [3.05, 3.63) is 78.4 Å². The maximum atomic E-state index is 16.4. The number of benzene rings is 2. The molecule has 3 aliphatic heterocycles. The molecule has 69 heavy (non-hydrogen) atoms. The number of allylic oxidation sites excluding steroid dienone is 3. The smallest absolute Gasteiger partial charge is 0.329 e. The standard InChI is InChI=1S/C55H76FNO12/c1-10-24-66-46-29-37(19-22-45(46)67-41-21-20-39-16-12-13-17-40(39)30-41)25-34(5)50-36(7)43(58)31-44(59)38(11-2)26-32(3)49(56)33(4)27-47(64-8)51-48(65-9)28-35(6)55(63,69-51)52(60)53(61)57-23-15-14-18-42(57)54(62)68-50/h10,12-13,16-17,20-21,25-26,30,33,35-38,42-43,45-51,58,63H,1,11,14-15,18-19,22-24,27-29,31H2,2-9H3. The Hall–Kier alpha value is -4.31. The second-order valence-corrected chi connectivity index (χ2v) is 20.1. The first-order valence-corrected chi connectivity index (χ1v) is 25.0. The number of amides is 1. The van der Waals surface area contributed by atoms with Crippen LogP contribution in [0.25, 0.3) is 10.8 Å². The molecule has 15 atom stereocenters. The van der Waals surface area contributed by atoms with E-state index in [2.05, 4.69) is 12.6 Å². The maximum Gasteiger partial charge on any atom is 0.329 e. The van der Waals surface area contributed by atoms with Gasteiger partial charge in [0.25, 0.3) is 11.7 Å². The van der Waals surface area contributed by atoms with Crippen molar-refractivity contribution in [3.8, 4) is 5.75 Å². The van der Waals surface area contributed by atoms with Crippen molar-refractivity contribution in [2.75, 3.05) is 27.4 Å². The van der Waals surface area contributed by atoms with Crippen molar-refractivity contribution >= 4 is 34.2 Å². The van der Waals surface area contributed by atoms with E-state index in [4.69, 9.17) is 28.4 Å². The third-order valence-electron chi connectivity index (χ3n) is 15.2. The number of rotatable bonds is 10. The highest BCUT2D eigenvalue weighted by Crippen LogP contribution is 2.40. The summed E-state index contributed by atoms with van der Waals surface area (Å²) < 4.78 is 53.5. The summed E-state index contributed by atoms with van der Waals surface area (Å²) in [4.78, 5) is 58.6. The second-order valence-electron chi connectivity index (χ2n) is 20.1. The Morgan fingerprint density at radius 1 is 0.942 bits per heavy atom. The minimum Gasteiger partial charge on any atom is -0.488 e. The van der Waals surface area contributed by atoms with Crippen LogP contribution >= 0.6 is 0 Å². The molecule has 14 heteroatoms. The largest absolute Gasteiger partial charge is 0.488 e. The van der Waals surface area contributed by atoms with E-state index in [1.165, 1.54) is 14.2 Å². The maximum absolute atomic E-state index is 16.4. The average molecular weight is 962 g/mol. The Bertz CT molecular complexity index is 2180. The van der Waals surface area contributed by atoms with Gasteiger partial charge in [0.2, 0.25) is 5.79 Å². The summed E-state index contributed by atoms with van der Waals surface area (Å²) in [6.07, 6.45) is 1.79. The van der Waals surface area contributed by atoms with Gasteiger partial charge in [-0.25, -0.2) is 9.18 Å². The van der Waals surface area contributed by atoms with Crippen LogP contribution in [0.4, 0.5) is 4.39 Å².